The van der Waals surface area contributed by atoms with E-state index in [0.29, 0.717) is 5.92 Å². The summed E-state index contributed by atoms with van der Waals surface area (Å²) in [6, 6.07) is 4.49. The molecule has 0 aliphatic heterocycles. The van der Waals surface area contributed by atoms with Crippen molar-refractivity contribution in [2.75, 3.05) is 6.16 Å². The molecule has 1 aliphatic carbocycles. The summed E-state index contributed by atoms with van der Waals surface area (Å²) in [5.74, 6) is 0.421. The number of H-pyrrole nitrogens is 2. The van der Waals surface area contributed by atoms with Crippen LogP contribution in [0.5, 0.6) is 0 Å². The third kappa shape index (κ3) is 5.60. The minimum atomic E-state index is -0.303. The fourth-order valence-corrected chi connectivity index (χ4v) is 10.4. The molecule has 0 saturated heterocycles. The first-order valence-electron chi connectivity index (χ1n) is 13.1. The molecule has 0 amide bonds. The van der Waals surface area contributed by atoms with Gasteiger partial charge in [0.15, 0.2) is 0 Å². The van der Waals surface area contributed by atoms with Gasteiger partial charge in [0.1, 0.15) is 0 Å². The Balaban J connectivity index is 2.40. The highest BCUT2D eigenvalue weighted by Crippen LogP contribution is 2.65. The Morgan fingerprint density at radius 1 is 0.771 bits per heavy atom. The van der Waals surface area contributed by atoms with Gasteiger partial charge in [-0.2, -0.15) is 0 Å². The second kappa shape index (κ2) is 9.33. The van der Waals surface area contributed by atoms with Gasteiger partial charge in [-0.15, -0.1) is 9.24 Å². The zero-order valence-electron chi connectivity index (χ0n) is 24.4. The predicted molar refractivity (Wildman–Crippen MR) is 161 cm³/mol. The van der Waals surface area contributed by atoms with Crippen LogP contribution in [0.2, 0.25) is 0 Å². The van der Waals surface area contributed by atoms with E-state index < -0.39 is 0 Å². The molecule has 2 aromatic rings. The SMILES string of the molecule is CC(C)(C)C1=CC(C(P)(c2cc[nH]c2)c2cc[nH]c2)=C(CP(C(C)(C)C)C(C)(C)C)C1C(C)(C)C. The maximum Gasteiger partial charge on any atom is 0.0620 e. The summed E-state index contributed by atoms with van der Waals surface area (Å²) < 4.78 is 0. The van der Waals surface area contributed by atoms with Crippen molar-refractivity contribution in [2.24, 2.45) is 16.7 Å². The van der Waals surface area contributed by atoms with Crippen molar-refractivity contribution < 1.29 is 0 Å². The molecule has 0 fully saturated rings. The molecule has 3 rings (SSSR count). The molecule has 0 spiro atoms. The highest BCUT2D eigenvalue weighted by molar-refractivity contribution is 7.61. The van der Waals surface area contributed by atoms with Gasteiger partial charge in [-0.3, -0.25) is 0 Å². The number of allylic oxidation sites excluding steroid dienone is 4. The maximum absolute atomic E-state index is 3.35. The van der Waals surface area contributed by atoms with Crippen LogP contribution in [-0.2, 0) is 5.16 Å². The third-order valence-electron chi connectivity index (χ3n) is 7.52. The molecule has 2 aromatic heterocycles. The lowest BCUT2D eigenvalue weighted by Gasteiger charge is -2.45. The van der Waals surface area contributed by atoms with Crippen LogP contribution in [0.25, 0.3) is 0 Å². The predicted octanol–water partition coefficient (Wildman–Crippen LogP) is 9.49. The number of rotatable bonds is 5. The highest BCUT2D eigenvalue weighted by atomic mass is 31.1. The van der Waals surface area contributed by atoms with Gasteiger partial charge in [-0.05, 0) is 56.1 Å². The topological polar surface area (TPSA) is 31.6 Å². The molecule has 0 saturated carbocycles. The average molecular weight is 513 g/mol. The molecule has 0 radical (unpaired) electrons. The van der Waals surface area contributed by atoms with Crippen LogP contribution in [0.3, 0.4) is 0 Å². The molecule has 2 N–H and O–H groups in total. The summed E-state index contributed by atoms with van der Waals surface area (Å²) in [6.07, 6.45) is 12.2. The largest absolute Gasteiger partial charge is 0.367 e. The monoisotopic (exact) mass is 512 g/mol. The molecule has 194 valence electrons. The van der Waals surface area contributed by atoms with E-state index in [9.17, 15) is 0 Å². The van der Waals surface area contributed by atoms with Crippen molar-refractivity contribution in [1.29, 1.82) is 0 Å². The van der Waals surface area contributed by atoms with E-state index in [1.807, 2.05) is 0 Å². The van der Waals surface area contributed by atoms with Crippen molar-refractivity contribution in [3.8, 4) is 0 Å². The Labute approximate surface area is 219 Å². The Morgan fingerprint density at radius 2 is 1.23 bits per heavy atom. The van der Waals surface area contributed by atoms with Crippen LogP contribution >= 0.6 is 17.2 Å². The van der Waals surface area contributed by atoms with E-state index in [1.165, 1.54) is 22.9 Å². The van der Waals surface area contributed by atoms with Crippen molar-refractivity contribution in [3.63, 3.8) is 0 Å². The maximum atomic E-state index is 3.35. The van der Waals surface area contributed by atoms with Gasteiger partial charge in [0.2, 0.25) is 0 Å². The molecular formula is C31H50N2P2. The normalized spacial score (nSPS) is 18.6. The molecular weight excluding hydrogens is 462 g/mol. The van der Waals surface area contributed by atoms with Gasteiger partial charge in [-0.1, -0.05) is 108 Å². The summed E-state index contributed by atoms with van der Waals surface area (Å²) in [4.78, 5) is 6.69. The Kier molecular flexibility index (Phi) is 7.59. The fraction of sp³-hybridized carbons (Fsp3) is 0.613. The number of aromatic amines is 2. The zero-order chi connectivity index (χ0) is 26.6. The van der Waals surface area contributed by atoms with Crippen molar-refractivity contribution in [3.05, 3.63) is 70.8 Å². The lowest BCUT2D eigenvalue weighted by Crippen LogP contribution is -2.33. The van der Waals surface area contributed by atoms with Crippen molar-refractivity contribution in [1.82, 2.24) is 9.97 Å². The van der Waals surface area contributed by atoms with E-state index in [2.05, 4.69) is 145 Å². The van der Waals surface area contributed by atoms with Gasteiger partial charge < -0.3 is 9.97 Å². The van der Waals surface area contributed by atoms with E-state index in [1.54, 1.807) is 11.1 Å². The number of aromatic nitrogens is 2. The Hall–Kier alpha value is -1.10. The fourth-order valence-electron chi connectivity index (χ4n) is 6.12. The number of hydrogen-bond acceptors (Lipinski definition) is 0. The zero-order valence-corrected chi connectivity index (χ0v) is 26.4. The third-order valence-corrected chi connectivity index (χ3v) is 12.4. The van der Waals surface area contributed by atoms with Gasteiger partial charge in [0.05, 0.1) is 5.16 Å². The summed E-state index contributed by atoms with van der Waals surface area (Å²) in [5, 5.41) is 0.233. The Bertz CT molecular complexity index is 1010. The molecule has 2 unspecified atom stereocenters. The van der Waals surface area contributed by atoms with E-state index in [-0.39, 0.29) is 34.2 Å². The second-order valence-corrected chi connectivity index (χ2v) is 19.2. The second-order valence-electron chi connectivity index (χ2n) is 14.5. The first kappa shape index (κ1) is 28.5. The van der Waals surface area contributed by atoms with Crippen LogP contribution < -0.4 is 0 Å². The summed E-state index contributed by atoms with van der Waals surface area (Å²) in [7, 11) is 3.01. The number of nitrogens with one attached hydrogen (secondary N) is 2. The summed E-state index contributed by atoms with van der Waals surface area (Å²) in [5.41, 5.74) is 7.52. The lowest BCUT2D eigenvalue weighted by atomic mass is 9.67. The minimum Gasteiger partial charge on any atom is -0.367 e. The number of hydrogen-bond donors (Lipinski definition) is 2. The molecule has 35 heavy (non-hydrogen) atoms. The van der Waals surface area contributed by atoms with Gasteiger partial charge >= 0.3 is 0 Å². The molecule has 0 aromatic carbocycles. The van der Waals surface area contributed by atoms with Crippen molar-refractivity contribution >= 4 is 17.2 Å². The van der Waals surface area contributed by atoms with Crippen LogP contribution in [0.1, 0.15) is 94.2 Å². The lowest BCUT2D eigenvalue weighted by molar-refractivity contribution is 0.280. The first-order chi connectivity index (χ1) is 15.8. The molecule has 2 heterocycles. The van der Waals surface area contributed by atoms with Gasteiger partial charge in [-0.25, -0.2) is 0 Å². The Morgan fingerprint density at radius 3 is 1.54 bits per heavy atom. The summed E-state index contributed by atoms with van der Waals surface area (Å²) in [6.45, 7) is 29.2. The smallest absolute Gasteiger partial charge is 0.0620 e. The van der Waals surface area contributed by atoms with E-state index >= 15 is 0 Å². The first-order valence-corrected chi connectivity index (χ1v) is 15.2. The van der Waals surface area contributed by atoms with E-state index in [4.69, 9.17) is 0 Å². The van der Waals surface area contributed by atoms with Crippen molar-refractivity contribution in [2.45, 2.75) is 98.6 Å². The average Bonchev–Trinajstić information content (AvgIpc) is 3.43. The van der Waals surface area contributed by atoms with E-state index in [0.717, 1.165) is 0 Å². The minimum absolute atomic E-state index is 0.0963. The quantitative estimate of drug-likeness (QED) is 0.374. The van der Waals surface area contributed by atoms with Crippen LogP contribution in [0, 0.1) is 16.7 Å². The molecule has 1 aliphatic rings. The van der Waals surface area contributed by atoms with Gasteiger partial charge in [0.25, 0.3) is 0 Å². The molecule has 2 nitrogen and oxygen atoms in total. The van der Waals surface area contributed by atoms with Crippen LogP contribution in [0.15, 0.2) is 59.7 Å². The molecule has 2 atom stereocenters. The van der Waals surface area contributed by atoms with Gasteiger partial charge in [0, 0.05) is 30.7 Å². The molecule has 4 heteroatoms. The summed E-state index contributed by atoms with van der Waals surface area (Å²) >= 11 is 0. The highest BCUT2D eigenvalue weighted by Gasteiger charge is 2.48. The van der Waals surface area contributed by atoms with Crippen LogP contribution in [-0.4, -0.2) is 26.4 Å². The molecule has 0 bridgehead atoms. The van der Waals surface area contributed by atoms with Crippen LogP contribution in [0.4, 0.5) is 0 Å². The standard InChI is InChI=1S/C31H50N2P2/c1-27(2,3)25-17-24(31(34,21-13-15-32-18-21)22-14-16-33-19-22)23(26(25)28(4,5)6)20-35(29(7,8)9)30(10,11)12/h13-19,26,32-33H,20,34H2,1-12H3.